The van der Waals surface area contributed by atoms with E-state index in [0.29, 0.717) is 18.8 Å². The molecule has 1 aromatic rings. The van der Waals surface area contributed by atoms with E-state index in [1.807, 2.05) is 33.8 Å². The minimum absolute atomic E-state index is 0.204. The molecule has 92 valence electrons. The van der Waals surface area contributed by atoms with Crippen molar-refractivity contribution in [3.8, 4) is 5.75 Å². The molecule has 0 unspecified atom stereocenters. The van der Waals surface area contributed by atoms with Crippen LogP contribution in [0, 0.1) is 19.8 Å². The summed E-state index contributed by atoms with van der Waals surface area (Å²) in [5, 5.41) is 0. The molecule has 0 amide bonds. The molecule has 17 heavy (non-hydrogen) atoms. The lowest BCUT2D eigenvalue weighted by Gasteiger charge is -2.13. The van der Waals surface area contributed by atoms with E-state index in [1.54, 1.807) is 0 Å². The first-order valence-corrected chi connectivity index (χ1v) is 6.23. The molecule has 2 nitrogen and oxygen atoms in total. The Hall–Kier alpha value is -1.25. The van der Waals surface area contributed by atoms with Gasteiger partial charge in [-0.1, -0.05) is 13.8 Å². The van der Waals surface area contributed by atoms with E-state index in [2.05, 4.69) is 13.8 Å². The first-order valence-electron chi connectivity index (χ1n) is 6.23. The Morgan fingerprint density at radius 3 is 2.24 bits per heavy atom. The van der Waals surface area contributed by atoms with Gasteiger partial charge in [0.05, 0.1) is 6.61 Å². The fourth-order valence-electron chi connectivity index (χ4n) is 1.89. The van der Waals surface area contributed by atoms with Crippen molar-refractivity contribution < 1.29 is 9.53 Å². The molecule has 1 rings (SSSR count). The van der Waals surface area contributed by atoms with Crippen LogP contribution in [0.25, 0.3) is 0 Å². The summed E-state index contributed by atoms with van der Waals surface area (Å²) in [6, 6.07) is 3.91. The van der Waals surface area contributed by atoms with Crippen molar-refractivity contribution in [2.45, 2.75) is 34.0 Å². The van der Waals surface area contributed by atoms with Crippen molar-refractivity contribution >= 4 is 13.6 Å². The van der Waals surface area contributed by atoms with Gasteiger partial charge in [-0.2, -0.15) is 0 Å². The molecule has 0 aliphatic rings. The van der Waals surface area contributed by atoms with E-state index in [9.17, 15) is 4.79 Å². The fraction of sp³-hybridized carbons (Fsp3) is 0.500. The van der Waals surface area contributed by atoms with Crippen LogP contribution in [0.2, 0.25) is 6.32 Å². The zero-order valence-electron chi connectivity index (χ0n) is 11.5. The SMILES string of the molecule is BCC(=O)c1c(C)cc(OCC(C)C)cc1C. The Balaban J connectivity index is 2.97. The molecule has 1 aromatic carbocycles. The second-order valence-electron chi connectivity index (χ2n) is 4.91. The largest absolute Gasteiger partial charge is 0.493 e. The third-order valence-corrected chi connectivity index (χ3v) is 2.69. The maximum absolute atomic E-state index is 11.8. The Morgan fingerprint density at radius 2 is 1.82 bits per heavy atom. The Kier molecular flexibility index (Phi) is 4.79. The quantitative estimate of drug-likeness (QED) is 0.576. The summed E-state index contributed by atoms with van der Waals surface area (Å²) in [7, 11) is 1.89. The number of benzene rings is 1. The summed E-state index contributed by atoms with van der Waals surface area (Å²) < 4.78 is 5.69. The average molecular weight is 232 g/mol. The van der Waals surface area contributed by atoms with Gasteiger partial charge in [-0.15, -0.1) is 0 Å². The second-order valence-corrected chi connectivity index (χ2v) is 4.91. The monoisotopic (exact) mass is 232 g/mol. The van der Waals surface area contributed by atoms with Gasteiger partial charge in [-0.25, -0.2) is 0 Å². The molecular formula is C14H21BO2. The number of ether oxygens (including phenoxy) is 1. The molecule has 0 fully saturated rings. The maximum atomic E-state index is 11.8. The van der Waals surface area contributed by atoms with Crippen LogP contribution in [0.4, 0.5) is 0 Å². The predicted molar refractivity (Wildman–Crippen MR) is 73.9 cm³/mol. The number of carbonyl (C=O) groups is 1. The van der Waals surface area contributed by atoms with Crippen molar-refractivity contribution in [1.29, 1.82) is 0 Å². The zero-order valence-corrected chi connectivity index (χ0v) is 11.5. The fourth-order valence-corrected chi connectivity index (χ4v) is 1.89. The first-order chi connectivity index (χ1) is 7.95. The van der Waals surface area contributed by atoms with Crippen LogP contribution in [-0.2, 0) is 0 Å². The van der Waals surface area contributed by atoms with Crippen molar-refractivity contribution in [2.75, 3.05) is 6.61 Å². The molecule has 0 aliphatic heterocycles. The summed E-state index contributed by atoms with van der Waals surface area (Å²) in [6.45, 7) is 8.89. The highest BCUT2D eigenvalue weighted by Gasteiger charge is 2.12. The molecule has 3 heteroatoms. The van der Waals surface area contributed by atoms with Crippen LogP contribution in [0.3, 0.4) is 0 Å². The summed E-state index contributed by atoms with van der Waals surface area (Å²) in [5.74, 6) is 1.57. The van der Waals surface area contributed by atoms with Gasteiger partial charge in [-0.05, 0) is 49.3 Å². The highest BCUT2D eigenvalue weighted by Crippen LogP contribution is 2.23. The number of rotatable bonds is 5. The van der Waals surface area contributed by atoms with Crippen LogP contribution < -0.4 is 4.74 Å². The molecule has 0 aromatic heterocycles. The van der Waals surface area contributed by atoms with E-state index in [4.69, 9.17) is 4.74 Å². The van der Waals surface area contributed by atoms with Gasteiger partial charge in [-0.3, -0.25) is 4.79 Å². The average Bonchev–Trinajstić information content (AvgIpc) is 2.25. The normalized spacial score (nSPS) is 10.6. The first kappa shape index (κ1) is 13.8. The van der Waals surface area contributed by atoms with E-state index in [-0.39, 0.29) is 5.78 Å². The number of aryl methyl sites for hydroxylation is 2. The smallest absolute Gasteiger partial charge is 0.155 e. The van der Waals surface area contributed by atoms with Gasteiger partial charge in [0.15, 0.2) is 5.78 Å². The number of Topliss-reactive ketones (excluding diaryl/α,β-unsaturated/α-hetero) is 1. The molecule has 0 radical (unpaired) electrons. The summed E-state index contributed by atoms with van der Waals surface area (Å²) >= 11 is 0. The van der Waals surface area contributed by atoms with Crippen LogP contribution in [0.5, 0.6) is 5.75 Å². The molecular weight excluding hydrogens is 211 g/mol. The topological polar surface area (TPSA) is 26.3 Å². The summed E-state index contributed by atoms with van der Waals surface area (Å²) in [4.78, 5) is 11.8. The molecule has 0 bridgehead atoms. The Labute approximate surface area is 105 Å². The number of hydrogen-bond donors (Lipinski definition) is 0. The molecule has 0 heterocycles. The highest BCUT2D eigenvalue weighted by molar-refractivity contribution is 6.24. The standard InChI is InChI=1S/C14H21BO2/c1-9(2)8-17-12-5-10(3)14(11(4)6-12)13(16)7-15/h5-6,9H,7-8,15H2,1-4H3. The summed E-state index contributed by atoms with van der Waals surface area (Å²) in [6.07, 6.45) is 0.549. The number of ketones is 1. The highest BCUT2D eigenvalue weighted by atomic mass is 16.5. The number of carbonyl (C=O) groups excluding carboxylic acids is 1. The molecule has 0 spiro atoms. The van der Waals surface area contributed by atoms with E-state index in [1.165, 1.54) is 0 Å². The Morgan fingerprint density at radius 1 is 1.29 bits per heavy atom. The van der Waals surface area contributed by atoms with Crippen LogP contribution in [0.15, 0.2) is 12.1 Å². The maximum Gasteiger partial charge on any atom is 0.155 e. The van der Waals surface area contributed by atoms with Crippen molar-refractivity contribution in [3.63, 3.8) is 0 Å². The van der Waals surface area contributed by atoms with E-state index >= 15 is 0 Å². The third-order valence-electron chi connectivity index (χ3n) is 2.69. The predicted octanol–water partition coefficient (Wildman–Crippen LogP) is 2.57. The van der Waals surface area contributed by atoms with Gasteiger partial charge >= 0.3 is 0 Å². The molecule has 0 N–H and O–H groups in total. The Bertz CT molecular complexity index is 388. The van der Waals surface area contributed by atoms with Gasteiger partial charge in [0.2, 0.25) is 0 Å². The van der Waals surface area contributed by atoms with Gasteiger partial charge in [0, 0.05) is 5.56 Å². The van der Waals surface area contributed by atoms with Gasteiger partial charge < -0.3 is 4.74 Å². The number of hydrogen-bond acceptors (Lipinski definition) is 2. The minimum atomic E-state index is 0.204. The lowest BCUT2D eigenvalue weighted by molar-refractivity contribution is 0.101. The van der Waals surface area contributed by atoms with Crippen molar-refractivity contribution in [1.82, 2.24) is 0 Å². The van der Waals surface area contributed by atoms with Crippen LogP contribution in [0.1, 0.15) is 35.3 Å². The third kappa shape index (κ3) is 3.62. The molecule has 0 saturated carbocycles. The summed E-state index contributed by atoms with van der Waals surface area (Å²) in [5.41, 5.74) is 2.87. The lowest BCUT2D eigenvalue weighted by Crippen LogP contribution is -2.07. The lowest BCUT2D eigenvalue weighted by atomic mass is 9.90. The molecule has 0 atom stereocenters. The van der Waals surface area contributed by atoms with E-state index in [0.717, 1.165) is 22.4 Å². The van der Waals surface area contributed by atoms with Gasteiger partial charge in [0.1, 0.15) is 13.6 Å². The van der Waals surface area contributed by atoms with Crippen molar-refractivity contribution in [3.05, 3.63) is 28.8 Å². The van der Waals surface area contributed by atoms with E-state index < -0.39 is 0 Å². The zero-order chi connectivity index (χ0) is 13.0. The van der Waals surface area contributed by atoms with Crippen LogP contribution in [-0.4, -0.2) is 20.2 Å². The van der Waals surface area contributed by atoms with Crippen molar-refractivity contribution in [2.24, 2.45) is 5.92 Å². The molecule has 0 saturated heterocycles. The minimum Gasteiger partial charge on any atom is -0.493 e. The second kappa shape index (κ2) is 5.90. The molecule has 0 aliphatic carbocycles. The van der Waals surface area contributed by atoms with Gasteiger partial charge in [0.25, 0.3) is 0 Å². The van der Waals surface area contributed by atoms with Crippen LogP contribution >= 0.6 is 0 Å².